The number of hydrogen-bond acceptors (Lipinski definition) is 8. The molecule has 0 saturated carbocycles. The minimum atomic E-state index is -3.27. The van der Waals surface area contributed by atoms with Crippen molar-refractivity contribution in [3.63, 3.8) is 0 Å². The summed E-state index contributed by atoms with van der Waals surface area (Å²) in [6.07, 6.45) is 7.39. The van der Waals surface area contributed by atoms with Crippen LogP contribution in [0.3, 0.4) is 0 Å². The van der Waals surface area contributed by atoms with E-state index in [4.69, 9.17) is 28.2 Å². The van der Waals surface area contributed by atoms with Crippen LogP contribution in [0, 0.1) is 17.2 Å². The number of aliphatic hydroxyl groups is 1. The van der Waals surface area contributed by atoms with Gasteiger partial charge in [0.2, 0.25) is 0 Å². The molecule has 1 N–H and O–H groups in total. The van der Waals surface area contributed by atoms with Crippen LogP contribution in [0.1, 0.15) is 62.5 Å². The molecule has 5 atom stereocenters. The van der Waals surface area contributed by atoms with Gasteiger partial charge in [-0.2, -0.15) is 10.4 Å². The van der Waals surface area contributed by atoms with Crippen molar-refractivity contribution in [3.05, 3.63) is 57.5 Å². The molecular weight excluding hydrogens is 607 g/mol. The van der Waals surface area contributed by atoms with Crippen LogP contribution >= 0.6 is 35.6 Å². The summed E-state index contributed by atoms with van der Waals surface area (Å²) < 4.78 is 25.3. The Morgan fingerprint density at radius 3 is 2.71 bits per heavy atom. The molecule has 1 saturated heterocycles. The molecule has 9 nitrogen and oxygen atoms in total. The molecule has 1 aliphatic heterocycles. The van der Waals surface area contributed by atoms with E-state index in [1.165, 1.54) is 6.26 Å². The quantitative estimate of drug-likeness (QED) is 0.379. The van der Waals surface area contributed by atoms with Crippen LogP contribution in [0.15, 0.2) is 30.5 Å². The van der Waals surface area contributed by atoms with Gasteiger partial charge in [0.1, 0.15) is 21.4 Å². The predicted octanol–water partition coefficient (Wildman–Crippen LogP) is 5.09. The monoisotopic (exact) mass is 638 g/mol. The highest BCUT2D eigenvalue weighted by atomic mass is 35.5. The number of likely N-dealkylation sites (tertiary alicyclic amines) is 1. The summed E-state index contributed by atoms with van der Waals surface area (Å²) in [7, 11) is -3.27. The van der Waals surface area contributed by atoms with Gasteiger partial charge in [-0.3, -0.25) is 4.90 Å². The SMILES string of the molecule is CC(c1ccc(Cl)cc1Cl)n1nc(C#N)c2ncc(C3=CC[C@H](N4CCC[C@H]4C(O)CS(C)(=O)=O)[C@H](C)C3)nc21.Cl. The second kappa shape index (κ2) is 12.5. The molecule has 13 heteroatoms. The summed E-state index contributed by atoms with van der Waals surface area (Å²) in [5, 5.41) is 26.0. The number of rotatable bonds is 7. The number of allylic oxidation sites excluding steroid dienone is 1. The Morgan fingerprint density at radius 1 is 1.29 bits per heavy atom. The van der Waals surface area contributed by atoms with Crippen LogP contribution in [-0.4, -0.2) is 74.9 Å². The molecule has 2 unspecified atom stereocenters. The molecule has 1 aromatic carbocycles. The van der Waals surface area contributed by atoms with E-state index in [1.54, 1.807) is 23.0 Å². The Balaban J connectivity index is 0.00000387. The molecule has 0 amide bonds. The largest absolute Gasteiger partial charge is 0.390 e. The molecule has 5 rings (SSSR count). The van der Waals surface area contributed by atoms with Crippen LogP contribution in [0.4, 0.5) is 0 Å². The van der Waals surface area contributed by atoms with E-state index in [0.29, 0.717) is 21.2 Å². The van der Waals surface area contributed by atoms with Crippen molar-refractivity contribution in [3.8, 4) is 6.07 Å². The van der Waals surface area contributed by atoms with Gasteiger partial charge in [0.05, 0.1) is 29.8 Å². The maximum Gasteiger partial charge on any atom is 0.190 e. The van der Waals surface area contributed by atoms with Gasteiger partial charge >= 0.3 is 0 Å². The number of aliphatic hydroxyl groups excluding tert-OH is 1. The first kappa shape index (κ1) is 31.7. The van der Waals surface area contributed by atoms with Gasteiger partial charge in [0.15, 0.2) is 11.3 Å². The minimum Gasteiger partial charge on any atom is -0.390 e. The number of fused-ring (bicyclic) bond motifs is 1. The molecule has 0 spiro atoms. The van der Waals surface area contributed by atoms with Crippen molar-refractivity contribution in [2.45, 2.75) is 63.8 Å². The lowest BCUT2D eigenvalue weighted by Crippen LogP contribution is -2.50. The van der Waals surface area contributed by atoms with Crippen LogP contribution < -0.4 is 0 Å². The van der Waals surface area contributed by atoms with Gasteiger partial charge < -0.3 is 5.11 Å². The molecule has 0 bridgehead atoms. The smallest absolute Gasteiger partial charge is 0.190 e. The fourth-order valence-corrected chi connectivity index (χ4v) is 7.58. The van der Waals surface area contributed by atoms with Crippen molar-refractivity contribution in [2.75, 3.05) is 18.6 Å². The summed E-state index contributed by atoms with van der Waals surface area (Å²) in [5.74, 6) is 0.0409. The van der Waals surface area contributed by atoms with Gasteiger partial charge in [-0.05, 0) is 68.3 Å². The van der Waals surface area contributed by atoms with Crippen molar-refractivity contribution < 1.29 is 13.5 Å². The first-order valence-corrected chi connectivity index (χ1v) is 16.2. The topological polar surface area (TPSA) is 125 Å². The number of benzene rings is 1. The molecule has 3 aromatic rings. The van der Waals surface area contributed by atoms with E-state index >= 15 is 0 Å². The second-order valence-electron chi connectivity index (χ2n) is 11.0. The summed E-state index contributed by atoms with van der Waals surface area (Å²) >= 11 is 12.6. The summed E-state index contributed by atoms with van der Waals surface area (Å²) in [5.41, 5.74) is 3.74. The van der Waals surface area contributed by atoms with Gasteiger partial charge in [0.25, 0.3) is 0 Å². The first-order valence-electron chi connectivity index (χ1n) is 13.4. The van der Waals surface area contributed by atoms with Gasteiger partial charge in [-0.1, -0.05) is 42.3 Å². The molecule has 2 aromatic heterocycles. The Bertz CT molecular complexity index is 1620. The number of nitrogens with zero attached hydrogens (tertiary/aromatic N) is 6. The summed E-state index contributed by atoms with van der Waals surface area (Å²) in [6, 6.07) is 7.14. The van der Waals surface area contributed by atoms with E-state index in [9.17, 15) is 18.8 Å². The van der Waals surface area contributed by atoms with E-state index in [0.717, 1.165) is 49.1 Å². The molecular formula is C28H33Cl3N6O3S. The third-order valence-electron chi connectivity index (χ3n) is 8.11. The van der Waals surface area contributed by atoms with E-state index in [2.05, 4.69) is 34.1 Å². The zero-order valence-electron chi connectivity index (χ0n) is 23.0. The zero-order valence-corrected chi connectivity index (χ0v) is 26.2. The summed E-state index contributed by atoms with van der Waals surface area (Å²) in [6.45, 7) is 4.97. The third kappa shape index (κ3) is 6.56. The number of sulfone groups is 1. The van der Waals surface area contributed by atoms with Crippen LogP contribution in [0.2, 0.25) is 10.0 Å². The maximum atomic E-state index is 11.8. The fraction of sp³-hybridized carbons (Fsp3) is 0.500. The van der Waals surface area contributed by atoms with Crippen molar-refractivity contribution in [1.29, 1.82) is 5.26 Å². The van der Waals surface area contributed by atoms with E-state index in [1.807, 2.05) is 13.0 Å². The number of nitriles is 1. The highest BCUT2D eigenvalue weighted by molar-refractivity contribution is 7.90. The Morgan fingerprint density at radius 2 is 2.05 bits per heavy atom. The van der Waals surface area contributed by atoms with E-state index < -0.39 is 15.9 Å². The molecule has 1 fully saturated rings. The lowest BCUT2D eigenvalue weighted by atomic mass is 9.83. The van der Waals surface area contributed by atoms with Crippen LogP contribution in [0.25, 0.3) is 16.7 Å². The van der Waals surface area contributed by atoms with E-state index in [-0.39, 0.29) is 47.9 Å². The molecule has 41 heavy (non-hydrogen) atoms. The van der Waals surface area contributed by atoms with Crippen LogP contribution in [-0.2, 0) is 9.84 Å². The van der Waals surface area contributed by atoms with Crippen LogP contribution in [0.5, 0.6) is 0 Å². The van der Waals surface area contributed by atoms with Crippen molar-refractivity contribution in [2.24, 2.45) is 5.92 Å². The lowest BCUT2D eigenvalue weighted by Gasteiger charge is -2.40. The molecule has 220 valence electrons. The highest BCUT2D eigenvalue weighted by Crippen LogP contribution is 2.37. The zero-order chi connectivity index (χ0) is 28.8. The number of hydrogen-bond donors (Lipinski definition) is 1. The predicted molar refractivity (Wildman–Crippen MR) is 163 cm³/mol. The average Bonchev–Trinajstić information content (AvgIpc) is 3.52. The normalized spacial score (nSPS) is 23.0. The molecule has 3 heterocycles. The lowest BCUT2D eigenvalue weighted by molar-refractivity contribution is 0.0463. The standard InChI is InChI=1S/C28H32Cl2N6O3S.ClH/c1-16-11-18(6-9-24(16)35-10-4-5-25(35)26(37)15-40(3,38)39)23-14-32-27-22(13-31)34-36(28(27)33-23)17(2)20-8-7-19(29)12-21(20)30;/h6-8,12,14,16-17,24-26,37H,4-5,9-11,15H2,1-3H3;1H/t16-,17?,24+,25+,26?;/m1./s1. The van der Waals surface area contributed by atoms with Crippen molar-refractivity contribution in [1.82, 2.24) is 24.6 Å². The number of aromatic nitrogens is 4. The average molecular weight is 640 g/mol. The highest BCUT2D eigenvalue weighted by Gasteiger charge is 2.39. The third-order valence-corrected chi connectivity index (χ3v) is 9.62. The minimum absolute atomic E-state index is 0. The Kier molecular flexibility index (Phi) is 9.69. The fourth-order valence-electron chi connectivity index (χ4n) is 6.17. The maximum absolute atomic E-state index is 11.8. The molecule has 0 radical (unpaired) electrons. The first-order chi connectivity index (χ1) is 19.0. The Hall–Kier alpha value is -2.26. The molecule has 1 aliphatic carbocycles. The second-order valence-corrected chi connectivity index (χ2v) is 14.0. The van der Waals surface area contributed by atoms with Gasteiger partial charge in [-0.25, -0.2) is 23.1 Å². The van der Waals surface area contributed by atoms with Gasteiger partial charge in [-0.15, -0.1) is 12.4 Å². The van der Waals surface area contributed by atoms with Gasteiger partial charge in [0, 0.05) is 28.4 Å². The number of halogens is 3. The Labute approximate surface area is 256 Å². The van der Waals surface area contributed by atoms with Crippen molar-refractivity contribution >= 4 is 62.2 Å². The molecule has 2 aliphatic rings. The summed E-state index contributed by atoms with van der Waals surface area (Å²) in [4.78, 5) is 11.8.